The van der Waals surface area contributed by atoms with E-state index in [1.807, 2.05) is 23.1 Å². The molecule has 24 heavy (non-hydrogen) atoms. The number of hydrogen-bond acceptors (Lipinski definition) is 4. The molecule has 1 fully saturated rings. The third-order valence-electron chi connectivity index (χ3n) is 4.25. The Morgan fingerprint density at radius 2 is 2.12 bits per heavy atom. The minimum atomic E-state index is -0.256. The molecule has 1 unspecified atom stereocenters. The number of hydrogen-bond donors (Lipinski definition) is 1. The predicted molar refractivity (Wildman–Crippen MR) is 88.2 cm³/mol. The van der Waals surface area contributed by atoms with E-state index in [1.54, 1.807) is 17.9 Å². The average Bonchev–Trinajstić information content (AvgIpc) is 3.20. The summed E-state index contributed by atoms with van der Waals surface area (Å²) in [5, 5.41) is 10.3. The van der Waals surface area contributed by atoms with Gasteiger partial charge in [-0.1, -0.05) is 35.5 Å². The fourth-order valence-electron chi connectivity index (χ4n) is 2.99. The molecule has 0 aliphatic carbocycles. The number of likely N-dealkylation sites (tertiary alicyclic amines) is 1. The quantitative estimate of drug-likeness (QED) is 0.848. The molecule has 0 bridgehead atoms. The molecule has 1 aliphatic heterocycles. The van der Waals surface area contributed by atoms with Gasteiger partial charge < -0.3 is 10.2 Å². The van der Waals surface area contributed by atoms with Gasteiger partial charge >= 0.3 is 0 Å². The smallest absolute Gasteiger partial charge is 0.273 e. The van der Waals surface area contributed by atoms with Crippen molar-refractivity contribution in [1.29, 1.82) is 0 Å². The summed E-state index contributed by atoms with van der Waals surface area (Å²) < 4.78 is 1.64. The van der Waals surface area contributed by atoms with E-state index in [2.05, 4.69) is 27.8 Å². The molecule has 0 radical (unpaired) electrons. The van der Waals surface area contributed by atoms with Gasteiger partial charge in [0.05, 0.1) is 6.20 Å². The van der Waals surface area contributed by atoms with Gasteiger partial charge in [-0.05, 0) is 12.0 Å². The number of nitrogens with zero attached hydrogens (tertiary/aromatic N) is 4. The highest BCUT2D eigenvalue weighted by Crippen LogP contribution is 2.20. The van der Waals surface area contributed by atoms with Crippen molar-refractivity contribution in [1.82, 2.24) is 25.2 Å². The second-order valence-corrected chi connectivity index (χ2v) is 6.05. The van der Waals surface area contributed by atoms with Crippen LogP contribution in [0.15, 0.2) is 36.5 Å². The highest BCUT2D eigenvalue weighted by Gasteiger charge is 2.29. The first kappa shape index (κ1) is 16.2. The largest absolute Gasteiger partial charge is 0.354 e. The Hall–Kier alpha value is -2.70. The number of carbonyl (C=O) groups is 2. The summed E-state index contributed by atoms with van der Waals surface area (Å²) in [7, 11) is 1.56. The summed E-state index contributed by atoms with van der Waals surface area (Å²) in [5.74, 6) is 0.128. The molecule has 1 aromatic carbocycles. The normalized spacial score (nSPS) is 17.3. The second-order valence-electron chi connectivity index (χ2n) is 6.05. The minimum absolute atomic E-state index is 0.183. The molecule has 2 aromatic rings. The van der Waals surface area contributed by atoms with Crippen molar-refractivity contribution in [2.75, 3.05) is 20.1 Å². The van der Waals surface area contributed by atoms with Crippen molar-refractivity contribution in [3.63, 3.8) is 0 Å². The van der Waals surface area contributed by atoms with Gasteiger partial charge in [-0.25, -0.2) is 0 Å². The van der Waals surface area contributed by atoms with E-state index in [1.165, 1.54) is 5.56 Å². The third kappa shape index (κ3) is 3.79. The van der Waals surface area contributed by atoms with Crippen LogP contribution >= 0.6 is 0 Å². The zero-order valence-corrected chi connectivity index (χ0v) is 13.7. The Balaban J connectivity index is 1.53. The summed E-state index contributed by atoms with van der Waals surface area (Å²) in [4.78, 5) is 25.6. The molecule has 126 valence electrons. The first-order valence-electron chi connectivity index (χ1n) is 8.09. The lowest BCUT2D eigenvalue weighted by Crippen LogP contribution is -2.28. The van der Waals surface area contributed by atoms with E-state index in [0.717, 1.165) is 19.5 Å². The van der Waals surface area contributed by atoms with Gasteiger partial charge in [0.2, 0.25) is 5.91 Å². The summed E-state index contributed by atoms with van der Waals surface area (Å²) >= 11 is 0. The maximum Gasteiger partial charge on any atom is 0.273 e. The molecule has 0 saturated carbocycles. The van der Waals surface area contributed by atoms with Crippen molar-refractivity contribution in [2.45, 2.75) is 19.4 Å². The Kier molecular flexibility index (Phi) is 4.88. The van der Waals surface area contributed by atoms with Crippen LogP contribution in [0.2, 0.25) is 0 Å². The molecular formula is C17H21N5O2. The molecule has 1 saturated heterocycles. The molecule has 7 heteroatoms. The van der Waals surface area contributed by atoms with Gasteiger partial charge in [0.15, 0.2) is 5.69 Å². The number of carbonyl (C=O) groups excluding carboxylic acids is 2. The van der Waals surface area contributed by atoms with Gasteiger partial charge in [-0.3, -0.25) is 14.3 Å². The van der Waals surface area contributed by atoms with Gasteiger partial charge in [0.25, 0.3) is 5.91 Å². The zero-order valence-electron chi connectivity index (χ0n) is 13.7. The number of aromatic nitrogens is 3. The van der Waals surface area contributed by atoms with Crippen LogP contribution in [0.3, 0.4) is 0 Å². The fourth-order valence-corrected chi connectivity index (χ4v) is 2.99. The number of rotatable bonds is 6. The molecule has 3 rings (SSSR count). The van der Waals surface area contributed by atoms with Gasteiger partial charge in [-0.2, -0.15) is 0 Å². The maximum absolute atomic E-state index is 12.2. The Morgan fingerprint density at radius 1 is 1.33 bits per heavy atom. The van der Waals surface area contributed by atoms with Crippen LogP contribution in [0, 0.1) is 5.92 Å². The predicted octanol–water partition coefficient (Wildman–Crippen LogP) is 0.729. The fraction of sp³-hybridized carbons (Fsp3) is 0.412. The highest BCUT2D eigenvalue weighted by molar-refractivity contribution is 5.91. The minimum Gasteiger partial charge on any atom is -0.354 e. The van der Waals surface area contributed by atoms with Gasteiger partial charge in [0.1, 0.15) is 0 Å². The monoisotopic (exact) mass is 327 g/mol. The molecule has 2 heterocycles. The molecule has 1 N–H and O–H groups in total. The molecule has 1 aliphatic rings. The van der Waals surface area contributed by atoms with Crippen molar-refractivity contribution < 1.29 is 9.59 Å². The van der Waals surface area contributed by atoms with Crippen molar-refractivity contribution in [3.05, 3.63) is 47.8 Å². The van der Waals surface area contributed by atoms with Crippen LogP contribution < -0.4 is 5.32 Å². The van der Waals surface area contributed by atoms with E-state index in [-0.39, 0.29) is 17.7 Å². The summed E-state index contributed by atoms with van der Waals surface area (Å²) in [6, 6.07) is 10.2. The Bertz CT molecular complexity index is 713. The van der Waals surface area contributed by atoms with Crippen LogP contribution in [-0.2, 0) is 17.8 Å². The first-order chi connectivity index (χ1) is 11.7. The third-order valence-corrected chi connectivity index (χ3v) is 4.25. The molecule has 7 nitrogen and oxygen atoms in total. The SMILES string of the molecule is CNC(=O)c1cn(CC2CC(=O)N(CCc3ccccc3)C2)nn1. The lowest BCUT2D eigenvalue weighted by Gasteiger charge is -2.16. The van der Waals surface area contributed by atoms with Crippen molar-refractivity contribution in [3.8, 4) is 0 Å². The Morgan fingerprint density at radius 3 is 2.88 bits per heavy atom. The van der Waals surface area contributed by atoms with Gasteiger partial charge in [0, 0.05) is 39.0 Å². The first-order valence-corrected chi connectivity index (χ1v) is 8.09. The maximum atomic E-state index is 12.2. The van der Waals surface area contributed by atoms with Gasteiger partial charge in [-0.15, -0.1) is 5.10 Å². The highest BCUT2D eigenvalue weighted by atomic mass is 16.2. The number of amides is 2. The molecular weight excluding hydrogens is 306 g/mol. The van der Waals surface area contributed by atoms with Crippen LogP contribution in [-0.4, -0.2) is 51.8 Å². The zero-order chi connectivity index (χ0) is 16.9. The lowest BCUT2D eigenvalue weighted by atomic mass is 10.1. The van der Waals surface area contributed by atoms with E-state index >= 15 is 0 Å². The van der Waals surface area contributed by atoms with E-state index in [0.29, 0.717) is 18.7 Å². The molecule has 1 aromatic heterocycles. The number of benzene rings is 1. The van der Waals surface area contributed by atoms with Crippen LogP contribution in [0.1, 0.15) is 22.5 Å². The average molecular weight is 327 g/mol. The Labute approximate surface area is 140 Å². The topological polar surface area (TPSA) is 80.1 Å². The van der Waals surface area contributed by atoms with Crippen molar-refractivity contribution in [2.24, 2.45) is 5.92 Å². The molecule has 0 spiro atoms. The lowest BCUT2D eigenvalue weighted by molar-refractivity contribution is -0.127. The molecule has 2 amide bonds. The van der Waals surface area contributed by atoms with Crippen LogP contribution in [0.4, 0.5) is 0 Å². The summed E-state index contributed by atoms with van der Waals surface area (Å²) in [5.41, 5.74) is 1.53. The van der Waals surface area contributed by atoms with Crippen LogP contribution in [0.5, 0.6) is 0 Å². The van der Waals surface area contributed by atoms with E-state index in [9.17, 15) is 9.59 Å². The molecule has 1 atom stereocenters. The number of nitrogens with one attached hydrogen (secondary N) is 1. The standard InChI is InChI=1S/C17H21N5O2/c1-18-17(24)15-12-22(20-19-15)11-14-9-16(23)21(10-14)8-7-13-5-3-2-4-6-13/h2-6,12,14H,7-11H2,1H3,(H,18,24). The van der Waals surface area contributed by atoms with Crippen LogP contribution in [0.25, 0.3) is 0 Å². The van der Waals surface area contributed by atoms with E-state index < -0.39 is 0 Å². The second kappa shape index (κ2) is 7.25. The summed E-state index contributed by atoms with van der Waals surface area (Å²) in [6.07, 6.45) is 3.00. The van der Waals surface area contributed by atoms with E-state index in [4.69, 9.17) is 0 Å². The summed E-state index contributed by atoms with van der Waals surface area (Å²) in [6.45, 7) is 2.05. The van der Waals surface area contributed by atoms with Crippen molar-refractivity contribution >= 4 is 11.8 Å².